The Morgan fingerprint density at radius 2 is 1.31 bits per heavy atom. The highest BCUT2D eigenvalue weighted by molar-refractivity contribution is 6.74. The number of rotatable bonds is 10. The van der Waals surface area contributed by atoms with E-state index in [0.29, 0.717) is 0 Å². The first kappa shape index (κ1) is 33.5. The van der Waals surface area contributed by atoms with Gasteiger partial charge in [-0.3, -0.25) is 9.78 Å². The maximum absolute atomic E-state index is 13.4. The van der Waals surface area contributed by atoms with E-state index in [1.807, 2.05) is 42.7 Å². The van der Waals surface area contributed by atoms with Crippen LogP contribution in [0, 0.1) is 5.92 Å². The normalized spacial score (nSPS) is 17.4. The van der Waals surface area contributed by atoms with Crippen molar-refractivity contribution in [2.75, 3.05) is 0 Å². The molecule has 2 heterocycles. The summed E-state index contributed by atoms with van der Waals surface area (Å²) in [5.41, 5.74) is 5.15. The van der Waals surface area contributed by atoms with Crippen LogP contribution in [0.2, 0.25) is 18.1 Å². The lowest BCUT2D eigenvalue weighted by molar-refractivity contribution is -0.119. The standard InChI is InChI=1S/C42H47N3O2Si/c1-41(2,3)48(4,5)47-36-25-23-32(24-26-36)40(46)28-27-38-37(22-15-29-43-38)39-30-45(31-44-39)42(33-16-9-6-10-17-33,34-18-11-7-12-19-34)35-20-13-8-14-21-35/h6-22,27-32,36H,23-26H2,1-5H3. The van der Waals surface area contributed by atoms with Crippen molar-refractivity contribution in [3.05, 3.63) is 150 Å². The lowest BCUT2D eigenvalue weighted by Gasteiger charge is -2.41. The van der Waals surface area contributed by atoms with Crippen LogP contribution in [0.4, 0.5) is 0 Å². The number of hydrogen-bond acceptors (Lipinski definition) is 4. The number of carbonyl (C=O) groups excluding carboxylic acids is 1. The third kappa shape index (κ3) is 6.78. The fourth-order valence-corrected chi connectivity index (χ4v) is 8.18. The molecular weight excluding hydrogens is 607 g/mol. The number of imidazole rings is 1. The fraction of sp³-hybridized carbons (Fsp3) is 0.310. The molecule has 0 N–H and O–H groups in total. The van der Waals surface area contributed by atoms with Gasteiger partial charge in [-0.2, -0.15) is 0 Å². The Balaban J connectivity index is 1.28. The zero-order valence-electron chi connectivity index (χ0n) is 28.8. The van der Waals surface area contributed by atoms with Gasteiger partial charge in [0.2, 0.25) is 0 Å². The Bertz CT molecular complexity index is 1740. The number of aromatic nitrogens is 3. The molecule has 2 aromatic heterocycles. The van der Waals surface area contributed by atoms with Crippen molar-refractivity contribution >= 4 is 20.2 Å². The molecule has 246 valence electrons. The van der Waals surface area contributed by atoms with Crippen LogP contribution in [0.3, 0.4) is 0 Å². The third-order valence-corrected chi connectivity index (χ3v) is 14.9. The van der Waals surface area contributed by atoms with E-state index in [4.69, 9.17) is 9.41 Å². The molecule has 1 aliphatic rings. The van der Waals surface area contributed by atoms with Gasteiger partial charge in [-0.05, 0) is 84.8 Å². The van der Waals surface area contributed by atoms with Gasteiger partial charge < -0.3 is 8.99 Å². The molecule has 0 atom stereocenters. The number of pyridine rings is 1. The van der Waals surface area contributed by atoms with E-state index in [9.17, 15) is 4.79 Å². The molecule has 0 aliphatic heterocycles. The van der Waals surface area contributed by atoms with E-state index in [1.54, 1.807) is 12.3 Å². The first-order chi connectivity index (χ1) is 23.1. The molecular formula is C42H47N3O2Si. The summed E-state index contributed by atoms with van der Waals surface area (Å²) in [6.45, 7) is 11.5. The topological polar surface area (TPSA) is 57.0 Å². The number of hydrogen-bond donors (Lipinski definition) is 0. The van der Waals surface area contributed by atoms with E-state index in [0.717, 1.165) is 59.3 Å². The lowest BCUT2D eigenvalue weighted by atomic mass is 9.77. The molecule has 0 unspecified atom stereocenters. The zero-order chi connectivity index (χ0) is 33.8. The highest BCUT2D eigenvalue weighted by Crippen LogP contribution is 2.42. The van der Waals surface area contributed by atoms with Crippen molar-refractivity contribution < 1.29 is 9.22 Å². The summed E-state index contributed by atoms with van der Waals surface area (Å²) in [6.07, 6.45) is 13.3. The summed E-state index contributed by atoms with van der Waals surface area (Å²) < 4.78 is 8.87. The molecule has 1 aliphatic carbocycles. The summed E-state index contributed by atoms with van der Waals surface area (Å²) in [5.74, 6) is 0.189. The molecule has 1 fully saturated rings. The maximum Gasteiger partial charge on any atom is 0.192 e. The second kappa shape index (κ2) is 14.0. The van der Waals surface area contributed by atoms with Crippen LogP contribution >= 0.6 is 0 Å². The van der Waals surface area contributed by atoms with Gasteiger partial charge >= 0.3 is 0 Å². The Morgan fingerprint density at radius 3 is 1.83 bits per heavy atom. The predicted octanol–water partition coefficient (Wildman–Crippen LogP) is 9.95. The smallest absolute Gasteiger partial charge is 0.192 e. The molecule has 5 nitrogen and oxygen atoms in total. The van der Waals surface area contributed by atoms with Gasteiger partial charge in [0.1, 0.15) is 5.54 Å². The average molecular weight is 654 g/mol. The third-order valence-electron chi connectivity index (χ3n) is 10.4. The number of carbonyl (C=O) groups is 1. The summed E-state index contributed by atoms with van der Waals surface area (Å²) in [7, 11) is -1.82. The first-order valence-electron chi connectivity index (χ1n) is 17.2. The van der Waals surface area contributed by atoms with Gasteiger partial charge in [0.15, 0.2) is 14.1 Å². The molecule has 0 spiro atoms. The molecule has 5 aromatic rings. The highest BCUT2D eigenvalue weighted by Gasteiger charge is 2.40. The molecule has 6 rings (SSSR count). The van der Waals surface area contributed by atoms with E-state index in [-0.39, 0.29) is 22.8 Å². The van der Waals surface area contributed by atoms with E-state index < -0.39 is 13.9 Å². The number of allylic oxidation sites excluding steroid dienone is 1. The van der Waals surface area contributed by atoms with Crippen LogP contribution in [-0.4, -0.2) is 34.7 Å². The second-order valence-electron chi connectivity index (χ2n) is 14.5. The molecule has 3 aromatic carbocycles. The van der Waals surface area contributed by atoms with E-state index >= 15 is 0 Å². The lowest BCUT2D eigenvalue weighted by Crippen LogP contribution is -2.45. The van der Waals surface area contributed by atoms with E-state index in [2.05, 4.69) is 122 Å². The molecule has 1 saturated carbocycles. The van der Waals surface area contributed by atoms with Gasteiger partial charge in [-0.25, -0.2) is 4.98 Å². The number of nitrogens with zero attached hydrogens (tertiary/aromatic N) is 3. The fourth-order valence-electron chi connectivity index (χ4n) is 6.75. The van der Waals surface area contributed by atoms with Gasteiger partial charge in [-0.15, -0.1) is 0 Å². The highest BCUT2D eigenvalue weighted by atomic mass is 28.4. The van der Waals surface area contributed by atoms with Crippen molar-refractivity contribution in [2.45, 2.75) is 76.2 Å². The number of ketones is 1. The minimum Gasteiger partial charge on any atom is -0.414 e. The quantitative estimate of drug-likeness (QED) is 0.0855. The summed E-state index contributed by atoms with van der Waals surface area (Å²) in [6, 6.07) is 35.7. The van der Waals surface area contributed by atoms with Crippen molar-refractivity contribution in [2.24, 2.45) is 5.92 Å². The van der Waals surface area contributed by atoms with Crippen molar-refractivity contribution in [3.8, 4) is 11.3 Å². The van der Waals surface area contributed by atoms with Gasteiger partial charge in [0.25, 0.3) is 0 Å². The summed E-state index contributed by atoms with van der Waals surface area (Å²) in [4.78, 5) is 23.1. The SMILES string of the molecule is CC(C)(C)[Si](C)(C)OC1CCC(C(=O)C=Cc2ncccc2-c2cn(C(c3ccccc3)(c3ccccc3)c3ccccc3)cn2)CC1. The van der Waals surface area contributed by atoms with Crippen LogP contribution in [0.1, 0.15) is 68.8 Å². The zero-order valence-corrected chi connectivity index (χ0v) is 29.8. The van der Waals surface area contributed by atoms with Crippen molar-refractivity contribution in [1.29, 1.82) is 0 Å². The van der Waals surface area contributed by atoms with Crippen molar-refractivity contribution in [3.63, 3.8) is 0 Å². The Morgan fingerprint density at radius 1 is 0.771 bits per heavy atom. The van der Waals surface area contributed by atoms with Crippen LogP contribution in [0.15, 0.2) is 128 Å². The second-order valence-corrected chi connectivity index (χ2v) is 19.3. The van der Waals surface area contributed by atoms with E-state index in [1.165, 1.54) is 0 Å². The minimum atomic E-state index is -1.82. The van der Waals surface area contributed by atoms with Crippen LogP contribution < -0.4 is 0 Å². The maximum atomic E-state index is 13.4. The van der Waals surface area contributed by atoms with Crippen molar-refractivity contribution in [1.82, 2.24) is 14.5 Å². The summed E-state index contributed by atoms with van der Waals surface area (Å²) in [5, 5.41) is 0.185. The average Bonchev–Trinajstić information content (AvgIpc) is 3.59. The van der Waals surface area contributed by atoms with Crippen LogP contribution in [-0.2, 0) is 14.8 Å². The molecule has 6 heteroatoms. The Hall–Kier alpha value is -4.39. The minimum absolute atomic E-state index is 0.0233. The van der Waals surface area contributed by atoms with Gasteiger partial charge in [0.05, 0.1) is 17.7 Å². The van der Waals surface area contributed by atoms with Gasteiger partial charge in [0, 0.05) is 30.0 Å². The number of benzene rings is 3. The first-order valence-corrected chi connectivity index (χ1v) is 20.1. The molecule has 0 radical (unpaired) electrons. The Labute approximate surface area is 286 Å². The molecule has 0 bridgehead atoms. The Kier molecular flexibility index (Phi) is 9.77. The predicted molar refractivity (Wildman–Crippen MR) is 198 cm³/mol. The van der Waals surface area contributed by atoms with Gasteiger partial charge in [-0.1, -0.05) is 112 Å². The largest absolute Gasteiger partial charge is 0.414 e. The summed E-state index contributed by atoms with van der Waals surface area (Å²) >= 11 is 0. The molecule has 0 amide bonds. The van der Waals surface area contributed by atoms with Crippen LogP contribution in [0.5, 0.6) is 0 Å². The van der Waals surface area contributed by atoms with Crippen LogP contribution in [0.25, 0.3) is 17.3 Å². The monoisotopic (exact) mass is 653 g/mol. The molecule has 48 heavy (non-hydrogen) atoms. The molecule has 0 saturated heterocycles.